The van der Waals surface area contributed by atoms with Gasteiger partial charge in [-0.3, -0.25) is 0 Å². The Bertz CT molecular complexity index is 361. The van der Waals surface area contributed by atoms with Crippen LogP contribution in [0.5, 0.6) is 11.5 Å². The SMILES string of the molecule is Oc1cc2c(c(Cl)c1O)CCCCC2. The predicted octanol–water partition coefficient (Wildman–Crippen LogP) is 3.02. The molecule has 1 aliphatic rings. The molecule has 0 amide bonds. The van der Waals surface area contributed by atoms with Crippen LogP contribution in [-0.4, -0.2) is 10.2 Å². The van der Waals surface area contributed by atoms with Gasteiger partial charge < -0.3 is 10.2 Å². The first-order chi connectivity index (χ1) is 6.70. The fraction of sp³-hybridized carbons (Fsp3) is 0.455. The van der Waals surface area contributed by atoms with Gasteiger partial charge in [0.05, 0.1) is 5.02 Å². The zero-order valence-corrected chi connectivity index (χ0v) is 8.64. The molecule has 14 heavy (non-hydrogen) atoms. The van der Waals surface area contributed by atoms with Crippen LogP contribution in [0.1, 0.15) is 30.4 Å². The molecule has 1 aromatic carbocycles. The maximum atomic E-state index is 9.47. The molecule has 0 bridgehead atoms. The number of halogens is 1. The standard InChI is InChI=1S/C11H13ClO2/c12-10-8-5-3-1-2-4-7(8)6-9(13)11(10)14/h6,13-14H,1-5H2. The van der Waals surface area contributed by atoms with Gasteiger partial charge >= 0.3 is 0 Å². The highest BCUT2D eigenvalue weighted by Gasteiger charge is 2.17. The Kier molecular flexibility index (Phi) is 2.55. The Morgan fingerprint density at radius 3 is 2.57 bits per heavy atom. The van der Waals surface area contributed by atoms with Crippen LogP contribution in [0.25, 0.3) is 0 Å². The number of hydrogen-bond acceptors (Lipinski definition) is 2. The van der Waals surface area contributed by atoms with E-state index in [4.69, 9.17) is 11.6 Å². The topological polar surface area (TPSA) is 40.5 Å². The summed E-state index contributed by atoms with van der Waals surface area (Å²) >= 11 is 5.98. The molecule has 0 unspecified atom stereocenters. The van der Waals surface area contributed by atoms with Gasteiger partial charge in [0, 0.05) is 0 Å². The molecule has 76 valence electrons. The van der Waals surface area contributed by atoms with E-state index in [1.165, 1.54) is 6.42 Å². The van der Waals surface area contributed by atoms with Crippen molar-refractivity contribution in [1.29, 1.82) is 0 Å². The van der Waals surface area contributed by atoms with Gasteiger partial charge in [0.25, 0.3) is 0 Å². The Balaban J connectivity index is 2.55. The Morgan fingerprint density at radius 1 is 1.07 bits per heavy atom. The lowest BCUT2D eigenvalue weighted by Gasteiger charge is -2.10. The van der Waals surface area contributed by atoms with Gasteiger partial charge in [0.15, 0.2) is 11.5 Å². The van der Waals surface area contributed by atoms with Crippen LogP contribution in [0, 0.1) is 0 Å². The molecule has 0 saturated heterocycles. The van der Waals surface area contributed by atoms with Gasteiger partial charge in [-0.1, -0.05) is 18.0 Å². The number of fused-ring (bicyclic) bond motifs is 1. The Morgan fingerprint density at radius 2 is 1.79 bits per heavy atom. The van der Waals surface area contributed by atoms with Crippen molar-refractivity contribution in [2.24, 2.45) is 0 Å². The molecular formula is C11H13ClO2. The lowest BCUT2D eigenvalue weighted by atomic mass is 10.0. The summed E-state index contributed by atoms with van der Waals surface area (Å²) in [6.45, 7) is 0. The maximum absolute atomic E-state index is 9.47. The van der Waals surface area contributed by atoms with Crippen molar-refractivity contribution in [3.05, 3.63) is 22.2 Å². The van der Waals surface area contributed by atoms with Crippen molar-refractivity contribution in [3.63, 3.8) is 0 Å². The first kappa shape index (κ1) is 9.66. The van der Waals surface area contributed by atoms with Crippen LogP contribution in [0.2, 0.25) is 5.02 Å². The summed E-state index contributed by atoms with van der Waals surface area (Å²) in [6, 6.07) is 1.64. The van der Waals surface area contributed by atoms with E-state index in [9.17, 15) is 10.2 Å². The summed E-state index contributed by atoms with van der Waals surface area (Å²) in [4.78, 5) is 0. The number of aromatic hydroxyl groups is 2. The van der Waals surface area contributed by atoms with E-state index in [1.807, 2.05) is 0 Å². The molecule has 0 aliphatic heterocycles. The zero-order chi connectivity index (χ0) is 10.1. The monoisotopic (exact) mass is 212 g/mol. The first-order valence-electron chi connectivity index (χ1n) is 4.92. The van der Waals surface area contributed by atoms with E-state index in [-0.39, 0.29) is 11.5 Å². The van der Waals surface area contributed by atoms with E-state index in [1.54, 1.807) is 6.07 Å². The third kappa shape index (κ3) is 1.55. The quantitative estimate of drug-likeness (QED) is 0.513. The highest BCUT2D eigenvalue weighted by molar-refractivity contribution is 6.33. The number of phenolic OH excluding ortho intramolecular Hbond substituents is 2. The minimum atomic E-state index is -0.174. The summed E-state index contributed by atoms with van der Waals surface area (Å²) in [7, 11) is 0. The van der Waals surface area contributed by atoms with Crippen molar-refractivity contribution in [2.75, 3.05) is 0 Å². The summed E-state index contributed by atoms with van der Waals surface area (Å²) in [5, 5.41) is 19.2. The number of hydrogen-bond donors (Lipinski definition) is 2. The van der Waals surface area contributed by atoms with E-state index < -0.39 is 0 Å². The number of phenols is 2. The van der Waals surface area contributed by atoms with Crippen LogP contribution < -0.4 is 0 Å². The molecule has 0 atom stereocenters. The third-order valence-corrected chi connectivity index (χ3v) is 3.19. The molecule has 1 aromatic rings. The Labute approximate surface area is 88.1 Å². The smallest absolute Gasteiger partial charge is 0.176 e. The summed E-state index contributed by atoms with van der Waals surface area (Å²) in [5.74, 6) is -0.275. The average Bonchev–Trinajstić information content (AvgIpc) is 2.39. The maximum Gasteiger partial charge on any atom is 0.176 e. The van der Waals surface area contributed by atoms with Crippen molar-refractivity contribution < 1.29 is 10.2 Å². The normalized spacial score (nSPS) is 16.1. The molecule has 0 radical (unpaired) electrons. The minimum Gasteiger partial charge on any atom is -0.504 e. The van der Waals surface area contributed by atoms with Gasteiger partial charge in [0.2, 0.25) is 0 Å². The second-order valence-electron chi connectivity index (χ2n) is 3.76. The molecule has 2 N–H and O–H groups in total. The van der Waals surface area contributed by atoms with Gasteiger partial charge in [-0.2, -0.15) is 0 Å². The summed E-state index contributed by atoms with van der Waals surface area (Å²) in [6.07, 6.45) is 5.28. The van der Waals surface area contributed by atoms with E-state index in [0.29, 0.717) is 5.02 Å². The molecule has 1 aliphatic carbocycles. The molecular weight excluding hydrogens is 200 g/mol. The fourth-order valence-electron chi connectivity index (χ4n) is 2.00. The van der Waals surface area contributed by atoms with Crippen molar-refractivity contribution in [1.82, 2.24) is 0 Å². The second kappa shape index (κ2) is 3.70. The molecule has 0 aromatic heterocycles. The van der Waals surface area contributed by atoms with Crippen LogP contribution in [0.15, 0.2) is 6.07 Å². The lowest BCUT2D eigenvalue weighted by Crippen LogP contribution is -1.92. The molecule has 0 heterocycles. The van der Waals surface area contributed by atoms with Crippen LogP contribution in [0.4, 0.5) is 0 Å². The van der Waals surface area contributed by atoms with E-state index in [0.717, 1.165) is 36.8 Å². The third-order valence-electron chi connectivity index (χ3n) is 2.79. The van der Waals surface area contributed by atoms with Gasteiger partial charge in [0.1, 0.15) is 0 Å². The largest absolute Gasteiger partial charge is 0.504 e. The average molecular weight is 213 g/mol. The summed E-state index contributed by atoms with van der Waals surface area (Å²) < 4.78 is 0. The molecule has 0 spiro atoms. The number of benzene rings is 1. The molecule has 3 heteroatoms. The Hall–Kier alpha value is -0.890. The number of rotatable bonds is 0. The van der Waals surface area contributed by atoms with Crippen LogP contribution in [0.3, 0.4) is 0 Å². The zero-order valence-electron chi connectivity index (χ0n) is 7.89. The highest BCUT2D eigenvalue weighted by atomic mass is 35.5. The van der Waals surface area contributed by atoms with Crippen molar-refractivity contribution >= 4 is 11.6 Å². The summed E-state index contributed by atoms with van der Waals surface area (Å²) in [5.41, 5.74) is 2.10. The van der Waals surface area contributed by atoms with E-state index >= 15 is 0 Å². The van der Waals surface area contributed by atoms with Gasteiger partial charge in [-0.15, -0.1) is 0 Å². The van der Waals surface area contributed by atoms with Crippen molar-refractivity contribution in [2.45, 2.75) is 32.1 Å². The first-order valence-corrected chi connectivity index (χ1v) is 5.30. The molecule has 2 rings (SSSR count). The van der Waals surface area contributed by atoms with E-state index in [2.05, 4.69) is 0 Å². The lowest BCUT2D eigenvalue weighted by molar-refractivity contribution is 0.403. The van der Waals surface area contributed by atoms with Gasteiger partial charge in [-0.25, -0.2) is 0 Å². The molecule has 0 saturated carbocycles. The minimum absolute atomic E-state index is 0.101. The molecule has 2 nitrogen and oxygen atoms in total. The van der Waals surface area contributed by atoms with Gasteiger partial charge in [-0.05, 0) is 42.9 Å². The highest BCUT2D eigenvalue weighted by Crippen LogP contribution is 2.40. The molecule has 0 fully saturated rings. The van der Waals surface area contributed by atoms with Crippen LogP contribution >= 0.6 is 11.6 Å². The number of aryl methyl sites for hydroxylation is 1. The fourth-order valence-corrected chi connectivity index (χ4v) is 2.32. The predicted molar refractivity (Wildman–Crippen MR) is 56.0 cm³/mol. The second-order valence-corrected chi connectivity index (χ2v) is 4.13. The van der Waals surface area contributed by atoms with Crippen molar-refractivity contribution in [3.8, 4) is 11.5 Å². The van der Waals surface area contributed by atoms with Crippen LogP contribution in [-0.2, 0) is 12.8 Å².